The van der Waals surface area contributed by atoms with Crippen LogP contribution in [0.5, 0.6) is 0 Å². The molecule has 0 rings (SSSR count). The molecule has 10 heavy (non-hydrogen) atoms. The number of hydrogen-bond acceptors (Lipinski definition) is 3. The quantitative estimate of drug-likeness (QED) is 0.553. The third-order valence-corrected chi connectivity index (χ3v) is 0.852. The fraction of sp³-hybridized carbons (Fsp3) is 0.750. The molecule has 0 heterocycles. The molecule has 0 aliphatic heterocycles. The molecule has 0 saturated carbocycles. The normalized spacial score (nSPS) is 13.9. The van der Waals surface area contributed by atoms with Gasteiger partial charge < -0.3 is 16.6 Å². The van der Waals surface area contributed by atoms with Crippen molar-refractivity contribution in [2.45, 2.75) is 19.0 Å². The summed E-state index contributed by atoms with van der Waals surface area (Å²) in [5.74, 6) is -1.06. The minimum atomic E-state index is -1.06. The highest BCUT2D eigenvalue weighted by molar-refractivity contribution is 5.85. The van der Waals surface area contributed by atoms with Gasteiger partial charge in [0.1, 0.15) is 6.04 Å². The summed E-state index contributed by atoms with van der Waals surface area (Å²) in [5, 5.41) is 8.15. The van der Waals surface area contributed by atoms with Crippen molar-refractivity contribution in [2.24, 2.45) is 11.5 Å². The van der Waals surface area contributed by atoms with E-state index in [0.29, 0.717) is 0 Å². The molecule has 0 unspecified atom stereocenters. The molecule has 0 saturated heterocycles. The lowest BCUT2D eigenvalue weighted by Gasteiger charge is -2.08. The van der Waals surface area contributed by atoms with E-state index in [1.807, 2.05) is 0 Å². The number of halogens is 2. The lowest BCUT2D eigenvalue weighted by molar-refractivity contribution is -0.138. The maximum absolute atomic E-state index is 9.94. The van der Waals surface area contributed by atoms with E-state index in [1.165, 1.54) is 0 Å². The average Bonchev–Trinajstić information content (AvgIpc) is 1.64. The Bertz CT molecular complexity index is 99.3. The largest absolute Gasteiger partial charge is 0.480 e. The standard InChI is InChI=1S/C4H10N2O2.2ClH/c1-2(5)3(6)4(7)8;;/h2-3H,5-6H2,1H3,(H,7,8);2*1H/t2-,3-;;/m1../s1. The maximum Gasteiger partial charge on any atom is 0.322 e. The Morgan fingerprint density at radius 1 is 1.40 bits per heavy atom. The molecule has 0 aromatic carbocycles. The SMILES string of the molecule is C[C@@H](N)[C@@H](N)C(=O)O.Cl.Cl. The zero-order chi connectivity index (χ0) is 6.73. The number of hydrogen-bond donors (Lipinski definition) is 3. The van der Waals surface area contributed by atoms with Gasteiger partial charge in [-0.25, -0.2) is 0 Å². The van der Waals surface area contributed by atoms with Crippen molar-refractivity contribution >= 4 is 30.8 Å². The number of aliphatic carboxylic acids is 1. The van der Waals surface area contributed by atoms with Crippen LogP contribution < -0.4 is 11.5 Å². The van der Waals surface area contributed by atoms with Crippen LogP contribution in [0.1, 0.15) is 6.92 Å². The van der Waals surface area contributed by atoms with Gasteiger partial charge in [-0.15, -0.1) is 24.8 Å². The number of rotatable bonds is 2. The van der Waals surface area contributed by atoms with Crippen molar-refractivity contribution in [1.29, 1.82) is 0 Å². The molecule has 0 amide bonds. The van der Waals surface area contributed by atoms with Crippen molar-refractivity contribution in [3.05, 3.63) is 0 Å². The summed E-state index contributed by atoms with van der Waals surface area (Å²) in [6.07, 6.45) is 0. The first-order valence-corrected chi connectivity index (χ1v) is 2.29. The van der Waals surface area contributed by atoms with Crippen LogP contribution in [0.15, 0.2) is 0 Å². The topological polar surface area (TPSA) is 89.3 Å². The second-order valence-electron chi connectivity index (χ2n) is 1.72. The Morgan fingerprint density at radius 2 is 1.70 bits per heavy atom. The van der Waals surface area contributed by atoms with Gasteiger partial charge in [0.15, 0.2) is 0 Å². The van der Waals surface area contributed by atoms with Gasteiger partial charge in [-0.05, 0) is 6.92 Å². The van der Waals surface area contributed by atoms with Crippen LogP contribution in [0.4, 0.5) is 0 Å². The minimum absolute atomic E-state index is 0. The Balaban J connectivity index is -0.000000245. The van der Waals surface area contributed by atoms with E-state index in [2.05, 4.69) is 0 Å². The van der Waals surface area contributed by atoms with Crippen molar-refractivity contribution in [3.8, 4) is 0 Å². The molecular formula is C4H12Cl2N2O2. The van der Waals surface area contributed by atoms with Crippen molar-refractivity contribution in [2.75, 3.05) is 0 Å². The molecule has 0 spiro atoms. The zero-order valence-electron chi connectivity index (χ0n) is 5.48. The Kier molecular flexibility index (Phi) is 11.7. The molecule has 6 heteroatoms. The molecule has 4 nitrogen and oxygen atoms in total. The van der Waals surface area contributed by atoms with Crippen LogP contribution in [0, 0.1) is 0 Å². The summed E-state index contributed by atoms with van der Waals surface area (Å²) in [6.45, 7) is 1.55. The third kappa shape index (κ3) is 6.10. The lowest BCUT2D eigenvalue weighted by atomic mass is 10.2. The van der Waals surface area contributed by atoms with E-state index in [0.717, 1.165) is 0 Å². The average molecular weight is 191 g/mol. The molecular weight excluding hydrogens is 179 g/mol. The second-order valence-corrected chi connectivity index (χ2v) is 1.72. The van der Waals surface area contributed by atoms with E-state index >= 15 is 0 Å². The summed E-state index contributed by atoms with van der Waals surface area (Å²) in [4.78, 5) is 9.94. The molecule has 0 aliphatic rings. The van der Waals surface area contributed by atoms with Gasteiger partial charge in [-0.2, -0.15) is 0 Å². The van der Waals surface area contributed by atoms with E-state index in [-0.39, 0.29) is 24.8 Å². The predicted molar refractivity (Wildman–Crippen MR) is 43.8 cm³/mol. The third-order valence-electron chi connectivity index (χ3n) is 0.852. The first-order chi connectivity index (χ1) is 3.55. The fourth-order valence-corrected chi connectivity index (χ4v) is 0.225. The zero-order valence-corrected chi connectivity index (χ0v) is 7.11. The highest BCUT2D eigenvalue weighted by atomic mass is 35.5. The summed E-state index contributed by atoms with van der Waals surface area (Å²) < 4.78 is 0. The molecule has 0 radical (unpaired) electrons. The molecule has 0 fully saturated rings. The van der Waals surface area contributed by atoms with Crippen LogP contribution in [-0.2, 0) is 4.79 Å². The van der Waals surface area contributed by atoms with Crippen molar-refractivity contribution in [3.63, 3.8) is 0 Å². The summed E-state index contributed by atoms with van der Waals surface area (Å²) in [6, 6.07) is -1.41. The predicted octanol–water partition coefficient (Wildman–Crippen LogP) is -0.411. The van der Waals surface area contributed by atoms with Gasteiger partial charge in [0, 0.05) is 6.04 Å². The van der Waals surface area contributed by atoms with E-state index in [9.17, 15) is 4.79 Å². The van der Waals surface area contributed by atoms with Crippen molar-refractivity contribution < 1.29 is 9.90 Å². The number of carboxylic acids is 1. The number of carbonyl (C=O) groups is 1. The Labute approximate surface area is 71.8 Å². The van der Waals surface area contributed by atoms with Gasteiger partial charge in [0.05, 0.1) is 0 Å². The van der Waals surface area contributed by atoms with Crippen LogP contribution >= 0.6 is 24.8 Å². The highest BCUT2D eigenvalue weighted by Crippen LogP contribution is 1.82. The molecule has 0 aliphatic carbocycles. The molecule has 64 valence electrons. The number of nitrogens with two attached hydrogens (primary N) is 2. The van der Waals surface area contributed by atoms with Gasteiger partial charge in [0.25, 0.3) is 0 Å². The van der Waals surface area contributed by atoms with Crippen molar-refractivity contribution in [1.82, 2.24) is 0 Å². The monoisotopic (exact) mass is 190 g/mol. The molecule has 0 bridgehead atoms. The summed E-state index contributed by atoms with van der Waals surface area (Å²) in [5.41, 5.74) is 10.2. The molecule has 2 atom stereocenters. The van der Waals surface area contributed by atoms with E-state index in [1.54, 1.807) is 6.92 Å². The fourth-order valence-electron chi connectivity index (χ4n) is 0.225. The van der Waals surface area contributed by atoms with Gasteiger partial charge in [-0.3, -0.25) is 4.79 Å². The van der Waals surface area contributed by atoms with Crippen LogP contribution in [0.25, 0.3) is 0 Å². The Hall–Kier alpha value is -0.0300. The van der Waals surface area contributed by atoms with Gasteiger partial charge in [-0.1, -0.05) is 0 Å². The summed E-state index contributed by atoms with van der Waals surface area (Å²) in [7, 11) is 0. The second kappa shape index (κ2) is 7.08. The lowest BCUT2D eigenvalue weighted by Crippen LogP contribution is -2.44. The number of carboxylic acid groups (broad SMARTS) is 1. The molecule has 5 N–H and O–H groups in total. The van der Waals surface area contributed by atoms with Crippen LogP contribution in [0.3, 0.4) is 0 Å². The molecule has 0 aromatic rings. The highest BCUT2D eigenvalue weighted by Gasteiger charge is 2.14. The Morgan fingerprint density at radius 3 is 1.70 bits per heavy atom. The first-order valence-electron chi connectivity index (χ1n) is 2.29. The van der Waals surface area contributed by atoms with E-state index < -0.39 is 18.1 Å². The van der Waals surface area contributed by atoms with Gasteiger partial charge in [0.2, 0.25) is 0 Å². The maximum atomic E-state index is 9.94. The summed E-state index contributed by atoms with van der Waals surface area (Å²) >= 11 is 0. The molecule has 0 aromatic heterocycles. The van der Waals surface area contributed by atoms with Crippen LogP contribution in [0.2, 0.25) is 0 Å². The smallest absolute Gasteiger partial charge is 0.322 e. The minimum Gasteiger partial charge on any atom is -0.480 e. The van der Waals surface area contributed by atoms with E-state index in [4.69, 9.17) is 16.6 Å². The van der Waals surface area contributed by atoms with Gasteiger partial charge >= 0.3 is 5.97 Å². The van der Waals surface area contributed by atoms with Crippen LogP contribution in [-0.4, -0.2) is 23.2 Å². The first kappa shape index (κ1) is 16.5.